The van der Waals surface area contributed by atoms with E-state index in [4.69, 9.17) is 4.98 Å². The fourth-order valence-corrected chi connectivity index (χ4v) is 4.08. The van der Waals surface area contributed by atoms with E-state index in [1.807, 2.05) is 0 Å². The first-order valence-corrected chi connectivity index (χ1v) is 10.2. The van der Waals surface area contributed by atoms with Gasteiger partial charge >= 0.3 is 0 Å². The molecule has 1 aliphatic rings. The van der Waals surface area contributed by atoms with Gasteiger partial charge in [-0.2, -0.15) is 0 Å². The highest BCUT2D eigenvalue weighted by atomic mass is 15.3. The molecule has 2 aromatic carbocycles. The summed E-state index contributed by atoms with van der Waals surface area (Å²) in [7, 11) is 0. The van der Waals surface area contributed by atoms with Crippen LogP contribution in [0.4, 0.5) is 5.69 Å². The number of anilines is 1. The molecule has 142 valence electrons. The normalized spacial score (nSPS) is 16.4. The number of hydrogen-bond acceptors (Lipinski definition) is 4. The number of aromatic nitrogens is 1. The van der Waals surface area contributed by atoms with Crippen molar-refractivity contribution in [2.75, 3.05) is 51.1 Å². The maximum absolute atomic E-state index is 4.81. The van der Waals surface area contributed by atoms with Gasteiger partial charge in [-0.05, 0) is 18.1 Å². The average molecular weight is 363 g/mol. The molecule has 1 fully saturated rings. The number of nitrogens with one attached hydrogen (secondary N) is 1. The highest BCUT2D eigenvalue weighted by Crippen LogP contribution is 2.30. The minimum Gasteiger partial charge on any atom is -0.383 e. The fraction of sp³-hybridized carbons (Fsp3) is 0.435. The molecule has 1 aliphatic heterocycles. The summed E-state index contributed by atoms with van der Waals surface area (Å²) in [5.41, 5.74) is 3.33. The summed E-state index contributed by atoms with van der Waals surface area (Å²) >= 11 is 0. The van der Waals surface area contributed by atoms with Crippen molar-refractivity contribution in [3.05, 3.63) is 48.5 Å². The lowest BCUT2D eigenvalue weighted by atomic mass is 10.1. The Bertz CT molecular complexity index is 843. The lowest BCUT2D eigenvalue weighted by Crippen LogP contribution is -2.48. The smallest absolute Gasteiger partial charge is 0.0730 e. The number of nitrogens with zero attached hydrogens (tertiary/aromatic N) is 3. The van der Waals surface area contributed by atoms with Crippen molar-refractivity contribution in [2.45, 2.75) is 13.8 Å². The molecule has 1 aromatic heterocycles. The molecule has 0 saturated carbocycles. The van der Waals surface area contributed by atoms with Crippen molar-refractivity contribution in [3.8, 4) is 0 Å². The molecule has 0 amide bonds. The van der Waals surface area contributed by atoms with Gasteiger partial charge in [-0.3, -0.25) is 4.90 Å². The van der Waals surface area contributed by atoms with Gasteiger partial charge in [-0.1, -0.05) is 50.2 Å². The van der Waals surface area contributed by atoms with Gasteiger partial charge in [0, 0.05) is 56.6 Å². The quantitative estimate of drug-likeness (QED) is 0.670. The van der Waals surface area contributed by atoms with Crippen molar-refractivity contribution in [2.24, 2.45) is 5.92 Å². The Balaban J connectivity index is 1.43. The first kappa shape index (κ1) is 18.2. The molecule has 1 saturated heterocycles. The van der Waals surface area contributed by atoms with Gasteiger partial charge in [-0.15, -0.1) is 0 Å². The average Bonchev–Trinajstić information content (AvgIpc) is 2.68. The second-order valence-electron chi connectivity index (χ2n) is 7.98. The summed E-state index contributed by atoms with van der Waals surface area (Å²) in [6, 6.07) is 16.8. The van der Waals surface area contributed by atoms with Crippen molar-refractivity contribution >= 4 is 27.5 Å². The highest BCUT2D eigenvalue weighted by Gasteiger charge is 2.17. The molecule has 2 heterocycles. The van der Waals surface area contributed by atoms with Gasteiger partial charge in [0.1, 0.15) is 0 Å². The molecule has 1 N–H and O–H groups in total. The molecular weight excluding hydrogens is 332 g/mol. The molecule has 4 nitrogen and oxygen atoms in total. The topological polar surface area (TPSA) is 31.4 Å². The minimum atomic E-state index is 0.756. The zero-order valence-electron chi connectivity index (χ0n) is 16.5. The largest absolute Gasteiger partial charge is 0.383 e. The predicted molar refractivity (Wildman–Crippen MR) is 115 cm³/mol. The molecule has 0 aliphatic carbocycles. The van der Waals surface area contributed by atoms with Crippen molar-refractivity contribution < 1.29 is 0 Å². The lowest BCUT2D eigenvalue weighted by Gasteiger charge is -2.35. The van der Waals surface area contributed by atoms with E-state index < -0.39 is 0 Å². The predicted octanol–water partition coefficient (Wildman–Crippen LogP) is 4.07. The van der Waals surface area contributed by atoms with Gasteiger partial charge in [-0.25, -0.2) is 4.98 Å². The Morgan fingerprint density at radius 2 is 1.41 bits per heavy atom. The van der Waals surface area contributed by atoms with Crippen LogP contribution >= 0.6 is 0 Å². The Hall–Kier alpha value is -2.17. The summed E-state index contributed by atoms with van der Waals surface area (Å²) < 4.78 is 0. The second kappa shape index (κ2) is 8.24. The minimum absolute atomic E-state index is 0.756. The summed E-state index contributed by atoms with van der Waals surface area (Å²) in [5.74, 6) is 0.756. The number of benzene rings is 2. The Morgan fingerprint density at radius 1 is 0.852 bits per heavy atom. The van der Waals surface area contributed by atoms with Crippen molar-refractivity contribution in [1.29, 1.82) is 0 Å². The number of piperazine rings is 1. The van der Waals surface area contributed by atoms with E-state index in [0.717, 1.165) is 30.0 Å². The van der Waals surface area contributed by atoms with E-state index >= 15 is 0 Å². The van der Waals surface area contributed by atoms with Crippen LogP contribution in [0.15, 0.2) is 48.5 Å². The molecule has 3 aromatic rings. The molecule has 0 atom stereocenters. The molecule has 27 heavy (non-hydrogen) atoms. The van der Waals surface area contributed by atoms with Gasteiger partial charge in [0.2, 0.25) is 0 Å². The number of pyridine rings is 1. The Labute approximate surface area is 162 Å². The van der Waals surface area contributed by atoms with Crippen LogP contribution < -0.4 is 5.32 Å². The first-order chi connectivity index (χ1) is 13.2. The van der Waals surface area contributed by atoms with E-state index in [1.54, 1.807) is 0 Å². The zero-order valence-corrected chi connectivity index (χ0v) is 16.5. The summed E-state index contributed by atoms with van der Waals surface area (Å²) in [6.45, 7) is 12.6. The maximum atomic E-state index is 4.81. The second-order valence-corrected chi connectivity index (χ2v) is 7.98. The Kier molecular flexibility index (Phi) is 5.55. The number of para-hydroxylation sites is 2. The van der Waals surface area contributed by atoms with E-state index in [2.05, 4.69) is 77.5 Å². The van der Waals surface area contributed by atoms with Crippen LogP contribution in [0.2, 0.25) is 0 Å². The first-order valence-electron chi connectivity index (χ1n) is 10.2. The third kappa shape index (κ3) is 4.23. The molecule has 0 radical (unpaired) electrons. The molecule has 0 spiro atoms. The van der Waals surface area contributed by atoms with E-state index in [0.29, 0.717) is 0 Å². The van der Waals surface area contributed by atoms with E-state index in [1.165, 1.54) is 49.2 Å². The third-order valence-corrected chi connectivity index (χ3v) is 5.41. The molecular formula is C23H30N4. The monoisotopic (exact) mass is 362 g/mol. The fourth-order valence-electron chi connectivity index (χ4n) is 4.08. The summed E-state index contributed by atoms with van der Waals surface area (Å²) in [5, 5.41) is 6.14. The van der Waals surface area contributed by atoms with Crippen LogP contribution in [-0.4, -0.2) is 60.6 Å². The molecule has 4 rings (SSSR count). The standard InChI is InChI=1S/C23H30N4/c1-18(2)17-27-15-13-26(14-16-27)12-11-24-23-19-7-3-5-9-21(19)25-22-10-6-4-8-20(22)23/h3-10,18H,11-17H2,1-2H3,(H,24,25). The number of rotatable bonds is 6. The zero-order chi connectivity index (χ0) is 18.6. The van der Waals surface area contributed by atoms with E-state index in [9.17, 15) is 0 Å². The third-order valence-electron chi connectivity index (χ3n) is 5.41. The molecule has 0 unspecified atom stereocenters. The van der Waals surface area contributed by atoms with Gasteiger partial charge < -0.3 is 10.2 Å². The summed E-state index contributed by atoms with van der Waals surface area (Å²) in [6.07, 6.45) is 0. The van der Waals surface area contributed by atoms with Crippen LogP contribution in [0.5, 0.6) is 0 Å². The molecule has 4 heteroatoms. The van der Waals surface area contributed by atoms with Crippen molar-refractivity contribution in [1.82, 2.24) is 14.8 Å². The van der Waals surface area contributed by atoms with Crippen LogP contribution in [0, 0.1) is 5.92 Å². The lowest BCUT2D eigenvalue weighted by molar-refractivity contribution is 0.125. The van der Waals surface area contributed by atoms with Gasteiger partial charge in [0.15, 0.2) is 0 Å². The molecule has 0 bridgehead atoms. The number of fused-ring (bicyclic) bond motifs is 2. The van der Waals surface area contributed by atoms with Crippen LogP contribution in [0.3, 0.4) is 0 Å². The van der Waals surface area contributed by atoms with Gasteiger partial charge in [0.25, 0.3) is 0 Å². The van der Waals surface area contributed by atoms with Crippen LogP contribution in [0.25, 0.3) is 21.8 Å². The number of hydrogen-bond donors (Lipinski definition) is 1. The van der Waals surface area contributed by atoms with Crippen LogP contribution in [0.1, 0.15) is 13.8 Å². The van der Waals surface area contributed by atoms with Gasteiger partial charge in [0.05, 0.1) is 16.7 Å². The highest BCUT2D eigenvalue weighted by molar-refractivity contribution is 6.07. The Morgan fingerprint density at radius 3 is 2.00 bits per heavy atom. The SMILES string of the molecule is CC(C)CN1CCN(CCNc2c3ccccc3nc3ccccc23)CC1. The summed E-state index contributed by atoms with van der Waals surface area (Å²) in [4.78, 5) is 9.99. The van der Waals surface area contributed by atoms with Crippen LogP contribution in [-0.2, 0) is 0 Å². The van der Waals surface area contributed by atoms with E-state index in [-0.39, 0.29) is 0 Å². The van der Waals surface area contributed by atoms with Crippen molar-refractivity contribution in [3.63, 3.8) is 0 Å². The maximum Gasteiger partial charge on any atom is 0.0730 e.